The Labute approximate surface area is 70.4 Å². The summed E-state index contributed by atoms with van der Waals surface area (Å²) in [5.41, 5.74) is 0. The molecule has 0 amide bonds. The molecule has 0 nitrogen and oxygen atoms in total. The Morgan fingerprint density at radius 3 is 2.18 bits per heavy atom. The summed E-state index contributed by atoms with van der Waals surface area (Å²) in [6, 6.07) is 0. The maximum Gasteiger partial charge on any atom is -0.0352 e. The molecule has 0 aromatic heterocycles. The first-order valence-electron chi connectivity index (χ1n) is 5.36. The van der Waals surface area contributed by atoms with Gasteiger partial charge in [0.15, 0.2) is 0 Å². The molecule has 4 atom stereocenters. The van der Waals surface area contributed by atoms with Crippen molar-refractivity contribution in [1.29, 1.82) is 0 Å². The lowest BCUT2D eigenvalue weighted by atomic mass is 10.1. The Kier molecular flexibility index (Phi) is 1.95. The normalized spacial score (nSPS) is 47.5. The molecule has 0 heteroatoms. The molecule has 0 spiro atoms. The predicted molar refractivity (Wildman–Crippen MR) is 48.4 cm³/mol. The maximum absolute atomic E-state index is 2.35. The van der Waals surface area contributed by atoms with E-state index in [9.17, 15) is 0 Å². The minimum Gasteiger partial charge on any atom is -0.0654 e. The summed E-state index contributed by atoms with van der Waals surface area (Å²) in [6.45, 7) is 4.67. The van der Waals surface area contributed by atoms with Crippen LogP contribution in [-0.4, -0.2) is 0 Å². The lowest BCUT2D eigenvalue weighted by molar-refractivity contribution is 0.545. The monoisotopic (exact) mass is 152 g/mol. The van der Waals surface area contributed by atoms with Gasteiger partial charge in [-0.1, -0.05) is 33.1 Å². The van der Waals surface area contributed by atoms with E-state index in [1.807, 2.05) is 0 Å². The highest BCUT2D eigenvalue weighted by molar-refractivity contribution is 5.01. The molecule has 0 heterocycles. The number of rotatable bonds is 4. The third-order valence-electron chi connectivity index (χ3n) is 3.69. The van der Waals surface area contributed by atoms with Gasteiger partial charge in [-0.15, -0.1) is 0 Å². The van der Waals surface area contributed by atoms with Crippen LogP contribution in [0.3, 0.4) is 0 Å². The van der Waals surface area contributed by atoms with Crippen molar-refractivity contribution >= 4 is 0 Å². The second kappa shape index (κ2) is 2.80. The molecule has 4 unspecified atom stereocenters. The SMILES string of the molecule is CCCC1CC1C1CC1CC. The molecular weight excluding hydrogens is 132 g/mol. The molecule has 64 valence electrons. The molecule has 11 heavy (non-hydrogen) atoms. The molecule has 2 saturated carbocycles. The van der Waals surface area contributed by atoms with E-state index in [0.717, 1.165) is 11.8 Å². The van der Waals surface area contributed by atoms with E-state index in [1.54, 1.807) is 12.8 Å². The van der Waals surface area contributed by atoms with Crippen LogP contribution in [0.1, 0.15) is 46.0 Å². The van der Waals surface area contributed by atoms with Crippen molar-refractivity contribution < 1.29 is 0 Å². The molecule has 2 fully saturated rings. The Bertz CT molecular complexity index is 139. The molecule has 0 aliphatic heterocycles. The van der Waals surface area contributed by atoms with Gasteiger partial charge in [-0.3, -0.25) is 0 Å². The number of hydrogen-bond donors (Lipinski definition) is 0. The summed E-state index contributed by atoms with van der Waals surface area (Å²) in [6.07, 6.45) is 7.51. The van der Waals surface area contributed by atoms with Gasteiger partial charge in [-0.05, 0) is 36.5 Å². The van der Waals surface area contributed by atoms with Gasteiger partial charge in [0.2, 0.25) is 0 Å². The van der Waals surface area contributed by atoms with E-state index in [0.29, 0.717) is 0 Å². The first-order chi connectivity index (χ1) is 5.36. The molecule has 2 aliphatic carbocycles. The van der Waals surface area contributed by atoms with Crippen molar-refractivity contribution in [2.24, 2.45) is 23.7 Å². The van der Waals surface area contributed by atoms with Crippen LogP contribution < -0.4 is 0 Å². The number of hydrogen-bond acceptors (Lipinski definition) is 0. The van der Waals surface area contributed by atoms with Gasteiger partial charge in [-0.2, -0.15) is 0 Å². The first kappa shape index (κ1) is 7.64. The molecule has 0 N–H and O–H groups in total. The van der Waals surface area contributed by atoms with E-state index in [2.05, 4.69) is 13.8 Å². The van der Waals surface area contributed by atoms with Crippen molar-refractivity contribution in [3.05, 3.63) is 0 Å². The van der Waals surface area contributed by atoms with Crippen molar-refractivity contribution in [3.8, 4) is 0 Å². The summed E-state index contributed by atoms with van der Waals surface area (Å²) >= 11 is 0. The molecule has 0 bridgehead atoms. The van der Waals surface area contributed by atoms with Crippen molar-refractivity contribution in [3.63, 3.8) is 0 Å². The van der Waals surface area contributed by atoms with Gasteiger partial charge in [0.05, 0.1) is 0 Å². The fraction of sp³-hybridized carbons (Fsp3) is 1.00. The molecule has 0 aromatic rings. The summed E-state index contributed by atoms with van der Waals surface area (Å²) in [7, 11) is 0. The quantitative estimate of drug-likeness (QED) is 0.578. The van der Waals surface area contributed by atoms with Gasteiger partial charge in [0, 0.05) is 0 Å². The lowest BCUT2D eigenvalue weighted by Crippen LogP contribution is -1.87. The highest BCUT2D eigenvalue weighted by atomic mass is 14.6. The van der Waals surface area contributed by atoms with Crippen LogP contribution in [0.15, 0.2) is 0 Å². The summed E-state index contributed by atoms with van der Waals surface area (Å²) in [5, 5.41) is 0. The van der Waals surface area contributed by atoms with Crippen LogP contribution in [0.2, 0.25) is 0 Å². The minimum atomic E-state index is 1.14. The second-order valence-electron chi connectivity index (χ2n) is 4.52. The smallest absolute Gasteiger partial charge is 0.0352 e. The van der Waals surface area contributed by atoms with Gasteiger partial charge in [0.1, 0.15) is 0 Å². The standard InChI is InChI=1S/C11H20/c1-3-5-9-7-11(9)10-6-8(10)4-2/h8-11H,3-7H2,1-2H3. The fourth-order valence-electron chi connectivity index (χ4n) is 2.76. The molecular formula is C11H20. The largest absolute Gasteiger partial charge is 0.0654 e. The van der Waals surface area contributed by atoms with Crippen molar-refractivity contribution in [2.45, 2.75) is 46.0 Å². The Morgan fingerprint density at radius 2 is 1.64 bits per heavy atom. The second-order valence-corrected chi connectivity index (χ2v) is 4.52. The van der Waals surface area contributed by atoms with E-state index < -0.39 is 0 Å². The average Bonchev–Trinajstić information content (AvgIpc) is 2.80. The Balaban J connectivity index is 1.68. The van der Waals surface area contributed by atoms with Crippen LogP contribution in [0, 0.1) is 23.7 Å². The zero-order valence-corrected chi connectivity index (χ0v) is 7.84. The summed E-state index contributed by atoms with van der Waals surface area (Å²) in [4.78, 5) is 0. The van der Waals surface area contributed by atoms with Crippen LogP contribution >= 0.6 is 0 Å². The highest BCUT2D eigenvalue weighted by Gasteiger charge is 2.51. The molecule has 0 saturated heterocycles. The van der Waals surface area contributed by atoms with Gasteiger partial charge >= 0.3 is 0 Å². The third kappa shape index (κ3) is 1.45. The average molecular weight is 152 g/mol. The Morgan fingerprint density at radius 1 is 1.00 bits per heavy atom. The Hall–Kier alpha value is 0. The first-order valence-corrected chi connectivity index (χ1v) is 5.36. The predicted octanol–water partition coefficient (Wildman–Crippen LogP) is 3.47. The van der Waals surface area contributed by atoms with E-state index in [1.165, 1.54) is 31.1 Å². The fourth-order valence-corrected chi connectivity index (χ4v) is 2.76. The summed E-state index contributed by atoms with van der Waals surface area (Å²) in [5.74, 6) is 4.65. The molecule has 0 aromatic carbocycles. The van der Waals surface area contributed by atoms with Gasteiger partial charge in [-0.25, -0.2) is 0 Å². The van der Waals surface area contributed by atoms with Crippen LogP contribution in [0.5, 0.6) is 0 Å². The highest BCUT2D eigenvalue weighted by Crippen LogP contribution is 2.60. The van der Waals surface area contributed by atoms with Gasteiger partial charge in [0.25, 0.3) is 0 Å². The van der Waals surface area contributed by atoms with Gasteiger partial charge < -0.3 is 0 Å². The summed E-state index contributed by atoms with van der Waals surface area (Å²) < 4.78 is 0. The minimum absolute atomic E-state index is 1.14. The topological polar surface area (TPSA) is 0 Å². The third-order valence-corrected chi connectivity index (χ3v) is 3.69. The van der Waals surface area contributed by atoms with Crippen molar-refractivity contribution in [1.82, 2.24) is 0 Å². The van der Waals surface area contributed by atoms with E-state index in [-0.39, 0.29) is 0 Å². The molecule has 0 radical (unpaired) electrons. The zero-order chi connectivity index (χ0) is 7.84. The van der Waals surface area contributed by atoms with Crippen molar-refractivity contribution in [2.75, 3.05) is 0 Å². The zero-order valence-electron chi connectivity index (χ0n) is 7.84. The van der Waals surface area contributed by atoms with Crippen LogP contribution in [0.25, 0.3) is 0 Å². The maximum atomic E-state index is 2.35. The van der Waals surface area contributed by atoms with Crippen LogP contribution in [0.4, 0.5) is 0 Å². The van der Waals surface area contributed by atoms with E-state index >= 15 is 0 Å². The lowest BCUT2D eigenvalue weighted by Gasteiger charge is -1.95. The van der Waals surface area contributed by atoms with E-state index in [4.69, 9.17) is 0 Å². The van der Waals surface area contributed by atoms with Crippen LogP contribution in [-0.2, 0) is 0 Å². The molecule has 2 rings (SSSR count). The molecule has 2 aliphatic rings.